The molecule has 0 aliphatic carbocycles. The number of rotatable bonds is 1. The Bertz CT molecular complexity index is 437. The number of carbonyl (C=O) groups excluding carboxylic acids is 1. The van der Waals surface area contributed by atoms with Gasteiger partial charge in [-0.3, -0.25) is 4.79 Å². The minimum Gasteiger partial charge on any atom is -0.383 e. The van der Waals surface area contributed by atoms with Crippen LogP contribution in [0.3, 0.4) is 0 Å². The molecule has 0 atom stereocenters. The SMILES string of the molecule is CC(=O)SCC#Cc1cc(Cl)cnc1N. The molecular weight excluding hydrogens is 232 g/mol. The number of carbonyl (C=O) groups is 1. The number of anilines is 1. The Morgan fingerprint density at radius 3 is 3.13 bits per heavy atom. The van der Waals surface area contributed by atoms with Crippen LogP contribution in [0.25, 0.3) is 0 Å². The van der Waals surface area contributed by atoms with Gasteiger partial charge in [0, 0.05) is 13.1 Å². The Kier molecular flexibility index (Phi) is 4.47. The summed E-state index contributed by atoms with van der Waals surface area (Å²) in [4.78, 5) is 14.5. The maximum atomic E-state index is 10.6. The summed E-state index contributed by atoms with van der Waals surface area (Å²) < 4.78 is 0. The van der Waals surface area contributed by atoms with Gasteiger partial charge in [0.25, 0.3) is 0 Å². The summed E-state index contributed by atoms with van der Waals surface area (Å²) in [5.41, 5.74) is 6.17. The lowest BCUT2D eigenvalue weighted by Crippen LogP contribution is -1.93. The van der Waals surface area contributed by atoms with Crippen molar-refractivity contribution in [3.8, 4) is 11.8 Å². The van der Waals surface area contributed by atoms with E-state index < -0.39 is 0 Å². The van der Waals surface area contributed by atoms with E-state index in [1.807, 2.05) is 0 Å². The summed E-state index contributed by atoms with van der Waals surface area (Å²) in [7, 11) is 0. The number of thioether (sulfide) groups is 1. The highest BCUT2D eigenvalue weighted by Gasteiger charge is 1.97. The van der Waals surface area contributed by atoms with Crippen LogP contribution in [0.1, 0.15) is 12.5 Å². The topological polar surface area (TPSA) is 56.0 Å². The predicted octanol–water partition coefficient (Wildman–Crippen LogP) is 1.95. The van der Waals surface area contributed by atoms with Crippen molar-refractivity contribution < 1.29 is 4.79 Å². The standard InChI is InChI=1S/C10H9ClN2OS/c1-7(14)15-4-2-3-8-5-9(11)6-13-10(8)12/h5-6H,4H2,1H3,(H2,12,13). The summed E-state index contributed by atoms with van der Waals surface area (Å²) in [6.45, 7) is 1.50. The molecule has 0 radical (unpaired) electrons. The van der Waals surface area contributed by atoms with Gasteiger partial charge in [0.1, 0.15) is 5.82 Å². The third-order valence-corrected chi connectivity index (χ3v) is 2.36. The molecule has 0 saturated heterocycles. The van der Waals surface area contributed by atoms with Crippen molar-refractivity contribution in [2.45, 2.75) is 6.92 Å². The minimum atomic E-state index is 0.0430. The van der Waals surface area contributed by atoms with Crippen molar-refractivity contribution >= 4 is 34.3 Å². The van der Waals surface area contributed by atoms with E-state index in [0.29, 0.717) is 22.2 Å². The zero-order chi connectivity index (χ0) is 11.3. The number of hydrogen-bond acceptors (Lipinski definition) is 4. The molecule has 0 aliphatic heterocycles. The molecule has 0 fully saturated rings. The van der Waals surface area contributed by atoms with E-state index in [4.69, 9.17) is 17.3 Å². The van der Waals surface area contributed by atoms with Gasteiger partial charge in [-0.25, -0.2) is 4.98 Å². The lowest BCUT2D eigenvalue weighted by atomic mass is 10.2. The van der Waals surface area contributed by atoms with Gasteiger partial charge in [0.05, 0.1) is 16.3 Å². The molecule has 0 unspecified atom stereocenters. The van der Waals surface area contributed by atoms with Crippen LogP contribution in [0.5, 0.6) is 0 Å². The quantitative estimate of drug-likeness (QED) is 0.763. The van der Waals surface area contributed by atoms with Crippen LogP contribution in [0, 0.1) is 11.8 Å². The molecule has 0 aromatic carbocycles. The molecule has 3 nitrogen and oxygen atoms in total. The highest BCUT2D eigenvalue weighted by atomic mass is 35.5. The Labute approximate surface area is 97.4 Å². The summed E-state index contributed by atoms with van der Waals surface area (Å²) in [6.07, 6.45) is 1.46. The second-order valence-corrected chi connectivity index (χ2v) is 4.26. The third-order valence-electron chi connectivity index (χ3n) is 1.46. The first-order chi connectivity index (χ1) is 7.09. The van der Waals surface area contributed by atoms with Crippen molar-refractivity contribution in [3.63, 3.8) is 0 Å². The second-order valence-electron chi connectivity index (χ2n) is 2.67. The van der Waals surface area contributed by atoms with Crippen LogP contribution < -0.4 is 5.73 Å². The molecule has 78 valence electrons. The molecule has 0 spiro atoms. The fourth-order valence-electron chi connectivity index (χ4n) is 0.819. The predicted molar refractivity (Wildman–Crippen MR) is 63.7 cm³/mol. The van der Waals surface area contributed by atoms with E-state index >= 15 is 0 Å². The first-order valence-electron chi connectivity index (χ1n) is 4.13. The Balaban J connectivity index is 2.71. The van der Waals surface area contributed by atoms with E-state index in [0.717, 1.165) is 11.8 Å². The van der Waals surface area contributed by atoms with Gasteiger partial charge in [0.15, 0.2) is 5.12 Å². The van der Waals surface area contributed by atoms with E-state index in [1.165, 1.54) is 13.1 Å². The molecule has 0 amide bonds. The number of aromatic nitrogens is 1. The number of nitrogens with zero attached hydrogens (tertiary/aromatic N) is 1. The molecule has 0 saturated carbocycles. The van der Waals surface area contributed by atoms with Crippen molar-refractivity contribution in [2.24, 2.45) is 0 Å². The van der Waals surface area contributed by atoms with Crippen molar-refractivity contribution in [1.82, 2.24) is 4.98 Å². The molecule has 5 heteroatoms. The molecular formula is C10H9ClN2OS. The molecule has 2 N–H and O–H groups in total. The molecule has 0 aliphatic rings. The van der Waals surface area contributed by atoms with Crippen LogP contribution >= 0.6 is 23.4 Å². The summed E-state index contributed by atoms with van der Waals surface area (Å²) in [5, 5.41) is 0.536. The van der Waals surface area contributed by atoms with Gasteiger partial charge in [-0.2, -0.15) is 0 Å². The molecule has 1 aromatic heterocycles. The van der Waals surface area contributed by atoms with Crippen LogP contribution in [-0.4, -0.2) is 15.9 Å². The second kappa shape index (κ2) is 5.64. The van der Waals surface area contributed by atoms with Crippen LogP contribution in [0.2, 0.25) is 5.02 Å². The van der Waals surface area contributed by atoms with Gasteiger partial charge in [-0.15, -0.1) is 0 Å². The number of halogens is 1. The fourth-order valence-corrected chi connectivity index (χ4v) is 1.32. The van der Waals surface area contributed by atoms with Crippen LogP contribution in [0.15, 0.2) is 12.3 Å². The lowest BCUT2D eigenvalue weighted by Gasteiger charge is -1.96. The highest BCUT2D eigenvalue weighted by molar-refractivity contribution is 8.13. The van der Waals surface area contributed by atoms with Gasteiger partial charge in [0.2, 0.25) is 0 Å². The largest absolute Gasteiger partial charge is 0.383 e. The van der Waals surface area contributed by atoms with Gasteiger partial charge in [-0.1, -0.05) is 35.2 Å². The Hall–Kier alpha value is -1.18. The molecule has 1 aromatic rings. The number of nitrogens with two attached hydrogens (primary N) is 1. The lowest BCUT2D eigenvalue weighted by molar-refractivity contribution is -0.109. The van der Waals surface area contributed by atoms with E-state index in [-0.39, 0.29) is 5.12 Å². The minimum absolute atomic E-state index is 0.0430. The third kappa shape index (κ3) is 4.24. The number of pyridine rings is 1. The summed E-state index contributed by atoms with van der Waals surface area (Å²) >= 11 is 6.89. The normalized spacial score (nSPS) is 9.20. The summed E-state index contributed by atoms with van der Waals surface area (Å²) in [6, 6.07) is 1.65. The zero-order valence-electron chi connectivity index (χ0n) is 8.08. The first-order valence-corrected chi connectivity index (χ1v) is 5.49. The number of hydrogen-bond donors (Lipinski definition) is 1. The maximum Gasteiger partial charge on any atom is 0.186 e. The fraction of sp³-hybridized carbons (Fsp3) is 0.200. The van der Waals surface area contributed by atoms with Gasteiger partial charge in [-0.05, 0) is 6.07 Å². The maximum absolute atomic E-state index is 10.6. The highest BCUT2D eigenvalue weighted by Crippen LogP contribution is 2.13. The Morgan fingerprint density at radius 1 is 1.73 bits per heavy atom. The van der Waals surface area contributed by atoms with Gasteiger partial charge < -0.3 is 5.73 Å². The van der Waals surface area contributed by atoms with E-state index in [1.54, 1.807) is 6.07 Å². The zero-order valence-corrected chi connectivity index (χ0v) is 9.65. The summed E-state index contributed by atoms with van der Waals surface area (Å²) in [5.74, 6) is 6.42. The molecule has 0 bridgehead atoms. The average molecular weight is 241 g/mol. The van der Waals surface area contributed by atoms with Crippen molar-refractivity contribution in [2.75, 3.05) is 11.5 Å². The molecule has 15 heavy (non-hydrogen) atoms. The van der Waals surface area contributed by atoms with Crippen molar-refractivity contribution in [1.29, 1.82) is 0 Å². The molecule has 1 rings (SSSR count). The molecule has 1 heterocycles. The monoisotopic (exact) mass is 240 g/mol. The Morgan fingerprint density at radius 2 is 2.47 bits per heavy atom. The average Bonchev–Trinajstić information content (AvgIpc) is 2.17. The van der Waals surface area contributed by atoms with E-state index in [9.17, 15) is 4.79 Å². The van der Waals surface area contributed by atoms with E-state index in [2.05, 4.69) is 16.8 Å². The smallest absolute Gasteiger partial charge is 0.186 e. The van der Waals surface area contributed by atoms with Crippen LogP contribution in [0.4, 0.5) is 5.82 Å². The van der Waals surface area contributed by atoms with Crippen molar-refractivity contribution in [3.05, 3.63) is 22.8 Å². The first kappa shape index (κ1) is 11.9. The number of nitrogen functional groups attached to an aromatic ring is 1. The van der Waals surface area contributed by atoms with Gasteiger partial charge >= 0.3 is 0 Å². The van der Waals surface area contributed by atoms with Crippen LogP contribution in [-0.2, 0) is 4.79 Å².